The van der Waals surface area contributed by atoms with Gasteiger partial charge in [-0.3, -0.25) is 9.97 Å². The van der Waals surface area contributed by atoms with Gasteiger partial charge >= 0.3 is 0 Å². The first kappa shape index (κ1) is 29.4. The van der Waals surface area contributed by atoms with Crippen molar-refractivity contribution < 1.29 is 0 Å². The van der Waals surface area contributed by atoms with Gasteiger partial charge in [-0.05, 0) is 65.2 Å². The van der Waals surface area contributed by atoms with Crippen LogP contribution in [0.3, 0.4) is 0 Å². The SMILES string of the molecule is c1ccc(-c2ccc(-c3ccc(-c4ccc5ccc6ccc(-c7ccc(-c8ccc9sc%10ccccc%10c9c8)cc7)nc6c5n4)cc3)cn2)nc1. The zero-order valence-electron chi connectivity index (χ0n) is 27.4. The van der Waals surface area contributed by atoms with Crippen molar-refractivity contribution in [3.05, 3.63) is 170 Å². The molecule has 0 aliphatic rings. The molecule has 0 amide bonds. The Morgan fingerprint density at radius 1 is 0.353 bits per heavy atom. The molecule has 0 bridgehead atoms. The highest BCUT2D eigenvalue weighted by molar-refractivity contribution is 7.25. The van der Waals surface area contributed by atoms with Gasteiger partial charge in [-0.2, -0.15) is 0 Å². The van der Waals surface area contributed by atoms with E-state index in [-0.39, 0.29) is 0 Å². The Balaban J connectivity index is 0.951. The Bertz CT molecular complexity index is 2880. The highest BCUT2D eigenvalue weighted by atomic mass is 32.1. The van der Waals surface area contributed by atoms with E-state index in [9.17, 15) is 0 Å². The van der Waals surface area contributed by atoms with Gasteiger partial charge in [0.25, 0.3) is 0 Å². The Labute approximate surface area is 298 Å². The van der Waals surface area contributed by atoms with Crippen LogP contribution in [0.5, 0.6) is 0 Å². The molecular weight excluding hydrogens is 641 g/mol. The van der Waals surface area contributed by atoms with Crippen LogP contribution in [0.2, 0.25) is 0 Å². The topological polar surface area (TPSA) is 51.6 Å². The molecule has 5 aromatic heterocycles. The van der Waals surface area contributed by atoms with Crippen molar-refractivity contribution in [3.63, 3.8) is 0 Å². The summed E-state index contributed by atoms with van der Waals surface area (Å²) in [6, 6.07) is 55.4. The Morgan fingerprint density at radius 2 is 0.882 bits per heavy atom. The molecule has 0 N–H and O–H groups in total. The highest BCUT2D eigenvalue weighted by Gasteiger charge is 2.11. The molecule has 5 heterocycles. The maximum Gasteiger partial charge on any atom is 0.0972 e. The van der Waals surface area contributed by atoms with Crippen molar-refractivity contribution >= 4 is 53.3 Å². The van der Waals surface area contributed by atoms with E-state index < -0.39 is 0 Å². The van der Waals surface area contributed by atoms with Crippen LogP contribution < -0.4 is 0 Å². The van der Waals surface area contributed by atoms with Gasteiger partial charge in [-0.15, -0.1) is 11.3 Å². The first-order valence-electron chi connectivity index (χ1n) is 16.9. The number of rotatable bonds is 5. The number of pyridine rings is 4. The van der Waals surface area contributed by atoms with Gasteiger partial charge in [0.05, 0.1) is 33.8 Å². The molecule has 0 aliphatic carbocycles. The molecule has 238 valence electrons. The second kappa shape index (κ2) is 12.1. The fourth-order valence-corrected chi connectivity index (χ4v) is 7.98. The molecule has 0 aliphatic heterocycles. The van der Waals surface area contributed by atoms with Crippen molar-refractivity contribution in [2.75, 3.05) is 0 Å². The largest absolute Gasteiger partial charge is 0.255 e. The minimum absolute atomic E-state index is 0.859. The Morgan fingerprint density at radius 3 is 1.53 bits per heavy atom. The average molecular weight is 669 g/mol. The van der Waals surface area contributed by atoms with Gasteiger partial charge in [0.1, 0.15) is 0 Å². The minimum atomic E-state index is 0.859. The summed E-state index contributed by atoms with van der Waals surface area (Å²) in [5, 5.41) is 4.77. The second-order valence-corrected chi connectivity index (χ2v) is 13.8. The standard InChI is InChI=1S/C46H28N4S/c1-2-7-43-37(5-1)38-27-35(21-25-44(38)51-43)29-8-12-31(13-9-29)39-22-18-33-16-17-34-19-23-40(50-46(34)45(33)49-39)32-14-10-30(11-15-32)36-20-24-42(48-28-36)41-6-3-4-26-47-41/h1-28H. The van der Waals surface area contributed by atoms with E-state index in [2.05, 4.69) is 143 Å². The van der Waals surface area contributed by atoms with Crippen LogP contribution in [0.15, 0.2) is 170 Å². The molecule has 10 aromatic rings. The van der Waals surface area contributed by atoms with Crippen LogP contribution in [-0.4, -0.2) is 19.9 Å². The number of benzene rings is 5. The summed E-state index contributed by atoms with van der Waals surface area (Å²) in [5.41, 5.74) is 12.1. The number of hydrogen-bond acceptors (Lipinski definition) is 5. The fourth-order valence-electron chi connectivity index (χ4n) is 6.89. The lowest BCUT2D eigenvalue weighted by Crippen LogP contribution is -1.91. The van der Waals surface area contributed by atoms with Crippen molar-refractivity contribution in [2.24, 2.45) is 0 Å². The van der Waals surface area contributed by atoms with E-state index in [0.29, 0.717) is 0 Å². The molecule has 0 saturated heterocycles. The number of aromatic nitrogens is 4. The molecule has 10 rings (SSSR count). The summed E-state index contributed by atoms with van der Waals surface area (Å²) in [5.74, 6) is 0. The van der Waals surface area contributed by atoms with Crippen LogP contribution >= 0.6 is 11.3 Å². The van der Waals surface area contributed by atoms with E-state index in [0.717, 1.165) is 66.8 Å². The molecule has 5 aromatic carbocycles. The molecule has 0 unspecified atom stereocenters. The lowest BCUT2D eigenvalue weighted by atomic mass is 10.00. The zero-order chi connectivity index (χ0) is 33.7. The lowest BCUT2D eigenvalue weighted by Gasteiger charge is -2.09. The average Bonchev–Trinajstić information content (AvgIpc) is 3.59. The monoisotopic (exact) mass is 668 g/mol. The molecule has 0 atom stereocenters. The van der Waals surface area contributed by atoms with Gasteiger partial charge in [-0.1, -0.05) is 109 Å². The van der Waals surface area contributed by atoms with E-state index in [4.69, 9.17) is 9.97 Å². The van der Waals surface area contributed by atoms with Gasteiger partial charge in [0.2, 0.25) is 0 Å². The zero-order valence-corrected chi connectivity index (χ0v) is 28.2. The predicted octanol–water partition coefficient (Wildman–Crippen LogP) is 12.3. The van der Waals surface area contributed by atoms with Gasteiger partial charge in [-0.25, -0.2) is 9.97 Å². The molecule has 4 nitrogen and oxygen atoms in total. The van der Waals surface area contributed by atoms with Gasteiger partial charge in [0, 0.05) is 60.0 Å². The first-order valence-corrected chi connectivity index (χ1v) is 17.8. The molecule has 0 radical (unpaired) electrons. The maximum atomic E-state index is 5.19. The van der Waals surface area contributed by atoms with Crippen LogP contribution in [0.4, 0.5) is 0 Å². The molecule has 5 heteroatoms. The van der Waals surface area contributed by atoms with Crippen LogP contribution in [0, 0.1) is 0 Å². The number of thiophene rings is 1. The van der Waals surface area contributed by atoms with E-state index in [1.807, 2.05) is 41.8 Å². The summed E-state index contributed by atoms with van der Waals surface area (Å²) in [6.07, 6.45) is 3.69. The number of hydrogen-bond donors (Lipinski definition) is 0. The molecule has 51 heavy (non-hydrogen) atoms. The molecular formula is C46H28N4S. The summed E-state index contributed by atoms with van der Waals surface area (Å²) < 4.78 is 2.64. The summed E-state index contributed by atoms with van der Waals surface area (Å²) in [4.78, 5) is 19.4. The summed E-state index contributed by atoms with van der Waals surface area (Å²) in [7, 11) is 0. The van der Waals surface area contributed by atoms with Crippen LogP contribution in [0.1, 0.15) is 0 Å². The van der Waals surface area contributed by atoms with E-state index in [1.54, 1.807) is 6.20 Å². The van der Waals surface area contributed by atoms with E-state index >= 15 is 0 Å². The predicted molar refractivity (Wildman–Crippen MR) is 213 cm³/mol. The highest BCUT2D eigenvalue weighted by Crippen LogP contribution is 2.37. The Kier molecular flexibility index (Phi) is 6.96. The third-order valence-electron chi connectivity index (χ3n) is 9.62. The molecule has 0 spiro atoms. The normalized spacial score (nSPS) is 11.5. The van der Waals surface area contributed by atoms with Crippen LogP contribution in [-0.2, 0) is 0 Å². The smallest absolute Gasteiger partial charge is 0.0972 e. The molecule has 0 saturated carbocycles. The van der Waals surface area contributed by atoms with Crippen molar-refractivity contribution in [1.29, 1.82) is 0 Å². The lowest BCUT2D eigenvalue weighted by molar-refractivity contribution is 1.25. The second-order valence-electron chi connectivity index (χ2n) is 12.7. The van der Waals surface area contributed by atoms with Crippen molar-refractivity contribution in [2.45, 2.75) is 0 Å². The quantitative estimate of drug-likeness (QED) is 0.171. The maximum absolute atomic E-state index is 5.19. The first-order chi connectivity index (χ1) is 25.2. The third kappa shape index (κ3) is 5.32. The summed E-state index contributed by atoms with van der Waals surface area (Å²) >= 11 is 1.85. The fraction of sp³-hybridized carbons (Fsp3) is 0. The van der Waals surface area contributed by atoms with Gasteiger partial charge < -0.3 is 0 Å². The van der Waals surface area contributed by atoms with Crippen LogP contribution in [0.25, 0.3) is 98.1 Å². The van der Waals surface area contributed by atoms with Crippen molar-refractivity contribution in [1.82, 2.24) is 19.9 Å². The Hall–Kier alpha value is -6.56. The number of fused-ring (bicyclic) bond motifs is 6. The number of nitrogens with zero attached hydrogens (tertiary/aromatic N) is 4. The summed E-state index contributed by atoms with van der Waals surface area (Å²) in [6.45, 7) is 0. The minimum Gasteiger partial charge on any atom is -0.255 e. The van der Waals surface area contributed by atoms with E-state index in [1.165, 1.54) is 31.3 Å². The third-order valence-corrected chi connectivity index (χ3v) is 10.8. The van der Waals surface area contributed by atoms with Crippen molar-refractivity contribution in [3.8, 4) is 56.2 Å². The molecule has 0 fully saturated rings. The van der Waals surface area contributed by atoms with Gasteiger partial charge in [0.15, 0.2) is 0 Å².